The summed E-state index contributed by atoms with van der Waals surface area (Å²) in [6, 6.07) is 2.03. The van der Waals surface area contributed by atoms with Crippen LogP contribution in [0, 0.1) is 6.92 Å². The van der Waals surface area contributed by atoms with Crippen LogP contribution in [0.5, 0.6) is 0 Å². The number of fused-ring (bicyclic) bond motifs is 1. The highest BCUT2D eigenvalue weighted by Crippen LogP contribution is 2.23. The maximum atomic E-state index is 12.8. The van der Waals surface area contributed by atoms with Crippen molar-refractivity contribution in [3.63, 3.8) is 0 Å². The molecule has 0 bridgehead atoms. The molecule has 1 aliphatic carbocycles. The second-order valence-corrected chi connectivity index (χ2v) is 7.29. The molecule has 128 valence electrons. The van der Waals surface area contributed by atoms with E-state index in [1.165, 1.54) is 31.3 Å². The van der Waals surface area contributed by atoms with Crippen molar-refractivity contribution in [2.45, 2.75) is 52.4 Å². The summed E-state index contributed by atoms with van der Waals surface area (Å²) < 4.78 is 2.83. The Hall–Kier alpha value is -1.62. The third kappa shape index (κ3) is 3.56. The minimum Gasteiger partial charge on any atom is -0.350 e. The summed E-state index contributed by atoms with van der Waals surface area (Å²) in [6.07, 6.45) is 10.9. The van der Waals surface area contributed by atoms with E-state index in [1.54, 1.807) is 0 Å². The highest BCUT2D eigenvalue weighted by atomic mass is 79.9. The SMILES string of the molecule is CCc1nc2c(Br)cc(C)cn2c1C(=O)NCCC1=CCCCC1. The average Bonchev–Trinajstić information content (AvgIpc) is 2.94. The Morgan fingerprint density at radius 2 is 2.25 bits per heavy atom. The Balaban J connectivity index is 1.79. The van der Waals surface area contributed by atoms with Crippen LogP contribution in [0.2, 0.25) is 0 Å². The molecule has 0 saturated heterocycles. The van der Waals surface area contributed by atoms with Crippen LogP contribution in [0.25, 0.3) is 5.65 Å². The van der Waals surface area contributed by atoms with Gasteiger partial charge in [0, 0.05) is 12.7 Å². The Labute approximate surface area is 151 Å². The van der Waals surface area contributed by atoms with Gasteiger partial charge in [-0.25, -0.2) is 4.98 Å². The summed E-state index contributed by atoms with van der Waals surface area (Å²) in [5.74, 6) is -0.0340. The van der Waals surface area contributed by atoms with Gasteiger partial charge in [0.25, 0.3) is 5.91 Å². The number of allylic oxidation sites excluding steroid dienone is 1. The normalized spacial score (nSPS) is 14.7. The average molecular weight is 390 g/mol. The smallest absolute Gasteiger partial charge is 0.270 e. The van der Waals surface area contributed by atoms with Crippen LogP contribution in [0.15, 0.2) is 28.4 Å². The monoisotopic (exact) mass is 389 g/mol. The Morgan fingerprint density at radius 3 is 2.96 bits per heavy atom. The molecule has 0 spiro atoms. The predicted octanol–water partition coefficient (Wildman–Crippen LogP) is 4.59. The second-order valence-electron chi connectivity index (χ2n) is 6.43. The third-order valence-electron chi connectivity index (χ3n) is 4.55. The van der Waals surface area contributed by atoms with E-state index in [0.717, 1.165) is 34.2 Å². The minimum atomic E-state index is -0.0340. The number of imidazole rings is 1. The molecule has 5 heteroatoms. The molecule has 2 aromatic heterocycles. The van der Waals surface area contributed by atoms with Gasteiger partial charge < -0.3 is 5.32 Å². The third-order valence-corrected chi connectivity index (χ3v) is 5.13. The first-order chi connectivity index (χ1) is 11.6. The van der Waals surface area contributed by atoms with E-state index < -0.39 is 0 Å². The van der Waals surface area contributed by atoms with Crippen molar-refractivity contribution in [3.8, 4) is 0 Å². The van der Waals surface area contributed by atoms with Gasteiger partial charge in [0.1, 0.15) is 5.69 Å². The maximum absolute atomic E-state index is 12.8. The molecule has 24 heavy (non-hydrogen) atoms. The molecule has 0 atom stereocenters. The van der Waals surface area contributed by atoms with Crippen molar-refractivity contribution in [1.82, 2.24) is 14.7 Å². The fourth-order valence-electron chi connectivity index (χ4n) is 3.32. The molecule has 0 unspecified atom stereocenters. The van der Waals surface area contributed by atoms with Crippen molar-refractivity contribution in [1.29, 1.82) is 0 Å². The first kappa shape index (κ1) is 17.2. The van der Waals surface area contributed by atoms with Gasteiger partial charge in [-0.2, -0.15) is 0 Å². The van der Waals surface area contributed by atoms with Gasteiger partial charge in [0.2, 0.25) is 0 Å². The van der Waals surface area contributed by atoms with Crippen LogP contribution >= 0.6 is 15.9 Å². The van der Waals surface area contributed by atoms with E-state index >= 15 is 0 Å². The van der Waals surface area contributed by atoms with Gasteiger partial charge in [0.15, 0.2) is 5.65 Å². The molecule has 2 heterocycles. The zero-order valence-corrected chi connectivity index (χ0v) is 15.9. The van der Waals surface area contributed by atoms with Gasteiger partial charge in [-0.05, 0) is 73.0 Å². The van der Waals surface area contributed by atoms with Crippen molar-refractivity contribution in [2.24, 2.45) is 0 Å². The molecule has 4 nitrogen and oxygen atoms in total. The van der Waals surface area contributed by atoms with Gasteiger partial charge in [0.05, 0.1) is 10.2 Å². The largest absolute Gasteiger partial charge is 0.350 e. The fourth-order valence-corrected chi connectivity index (χ4v) is 3.96. The molecule has 0 saturated carbocycles. The summed E-state index contributed by atoms with van der Waals surface area (Å²) in [7, 11) is 0. The number of hydrogen-bond acceptors (Lipinski definition) is 2. The van der Waals surface area contributed by atoms with Crippen LogP contribution in [0.3, 0.4) is 0 Å². The number of nitrogens with zero attached hydrogens (tertiary/aromatic N) is 2. The molecule has 0 fully saturated rings. The number of carbonyl (C=O) groups is 1. The van der Waals surface area contributed by atoms with Crippen LogP contribution in [0.1, 0.15) is 60.8 Å². The van der Waals surface area contributed by atoms with Crippen LogP contribution < -0.4 is 5.32 Å². The number of nitrogens with one attached hydrogen (secondary N) is 1. The highest BCUT2D eigenvalue weighted by Gasteiger charge is 2.19. The summed E-state index contributed by atoms with van der Waals surface area (Å²) in [6.45, 7) is 4.74. The van der Waals surface area contributed by atoms with E-state index in [2.05, 4.69) is 32.3 Å². The lowest BCUT2D eigenvalue weighted by atomic mass is 9.97. The first-order valence-corrected chi connectivity index (χ1v) is 9.52. The molecular formula is C19H24BrN3O. The van der Waals surface area contributed by atoms with E-state index in [-0.39, 0.29) is 5.91 Å². The molecule has 1 N–H and O–H groups in total. The van der Waals surface area contributed by atoms with Crippen molar-refractivity contribution in [2.75, 3.05) is 6.54 Å². The number of aryl methyl sites for hydroxylation is 2. The number of halogens is 1. The number of amides is 1. The number of rotatable bonds is 5. The maximum Gasteiger partial charge on any atom is 0.270 e. The number of pyridine rings is 1. The predicted molar refractivity (Wildman–Crippen MR) is 101 cm³/mol. The lowest BCUT2D eigenvalue weighted by Gasteiger charge is -2.13. The van der Waals surface area contributed by atoms with Gasteiger partial charge >= 0.3 is 0 Å². The molecule has 0 aromatic carbocycles. The van der Waals surface area contributed by atoms with E-state index in [0.29, 0.717) is 12.2 Å². The molecular weight excluding hydrogens is 366 g/mol. The van der Waals surface area contributed by atoms with Crippen molar-refractivity contribution >= 4 is 27.5 Å². The topological polar surface area (TPSA) is 46.4 Å². The molecule has 1 aliphatic rings. The zero-order chi connectivity index (χ0) is 17.1. The lowest BCUT2D eigenvalue weighted by molar-refractivity contribution is 0.0947. The van der Waals surface area contributed by atoms with Crippen LogP contribution in [0.4, 0.5) is 0 Å². The fraction of sp³-hybridized carbons (Fsp3) is 0.474. The Bertz CT molecular complexity index is 791. The number of hydrogen-bond donors (Lipinski definition) is 1. The minimum absolute atomic E-state index is 0.0340. The summed E-state index contributed by atoms with van der Waals surface area (Å²) >= 11 is 3.56. The first-order valence-electron chi connectivity index (χ1n) is 8.73. The second kappa shape index (κ2) is 7.51. The molecule has 2 aromatic rings. The van der Waals surface area contributed by atoms with Gasteiger partial charge in [-0.3, -0.25) is 9.20 Å². The van der Waals surface area contributed by atoms with Gasteiger partial charge in [-0.15, -0.1) is 0 Å². The number of carbonyl (C=O) groups excluding carboxylic acids is 1. The quantitative estimate of drug-likeness (QED) is 0.760. The summed E-state index contributed by atoms with van der Waals surface area (Å²) in [5.41, 5.74) is 4.88. The molecule has 0 radical (unpaired) electrons. The Morgan fingerprint density at radius 1 is 1.42 bits per heavy atom. The van der Waals surface area contributed by atoms with E-state index in [9.17, 15) is 4.79 Å². The molecule has 1 amide bonds. The summed E-state index contributed by atoms with van der Waals surface area (Å²) in [4.78, 5) is 17.4. The standard InChI is InChI=1S/C19H24BrN3O/c1-3-16-17(23-12-13(2)11-15(20)18(23)22-16)19(24)21-10-9-14-7-5-4-6-8-14/h7,11-12H,3-6,8-10H2,1-2H3,(H,21,24). The highest BCUT2D eigenvalue weighted by molar-refractivity contribution is 9.10. The zero-order valence-electron chi connectivity index (χ0n) is 14.4. The molecule has 3 rings (SSSR count). The lowest BCUT2D eigenvalue weighted by Crippen LogP contribution is -2.27. The number of aromatic nitrogens is 2. The van der Waals surface area contributed by atoms with Crippen LogP contribution in [-0.4, -0.2) is 21.8 Å². The van der Waals surface area contributed by atoms with E-state index in [1.807, 2.05) is 30.5 Å². The van der Waals surface area contributed by atoms with Crippen molar-refractivity contribution < 1.29 is 4.79 Å². The van der Waals surface area contributed by atoms with E-state index in [4.69, 9.17) is 0 Å². The van der Waals surface area contributed by atoms with Crippen LogP contribution in [-0.2, 0) is 6.42 Å². The van der Waals surface area contributed by atoms with Crippen molar-refractivity contribution in [3.05, 3.63) is 45.3 Å². The Kier molecular flexibility index (Phi) is 5.39. The van der Waals surface area contributed by atoms with Gasteiger partial charge in [-0.1, -0.05) is 18.6 Å². The molecule has 0 aliphatic heterocycles. The summed E-state index contributed by atoms with van der Waals surface area (Å²) in [5, 5.41) is 3.08.